The number of fused-ring (bicyclic) bond motifs is 2. The van der Waals surface area contributed by atoms with Crippen LogP contribution >= 0.6 is 0 Å². The Bertz CT molecular complexity index is 729. The molecule has 3 unspecified atom stereocenters. The summed E-state index contributed by atoms with van der Waals surface area (Å²) < 4.78 is 36.0. The van der Waals surface area contributed by atoms with Crippen molar-refractivity contribution < 1.29 is 22.7 Å². The molecule has 6 nitrogen and oxygen atoms in total. The lowest BCUT2D eigenvalue weighted by molar-refractivity contribution is -0.145. The minimum atomic E-state index is -3.44. The van der Waals surface area contributed by atoms with Crippen LogP contribution < -0.4 is 4.74 Å². The van der Waals surface area contributed by atoms with E-state index in [0.717, 1.165) is 11.8 Å². The monoisotopic (exact) mass is 381 g/mol. The van der Waals surface area contributed by atoms with Crippen molar-refractivity contribution in [2.75, 3.05) is 27.3 Å². The first-order valence-corrected chi connectivity index (χ1v) is 10.6. The highest BCUT2D eigenvalue weighted by Gasteiger charge is 2.40. The summed E-state index contributed by atoms with van der Waals surface area (Å²) in [4.78, 5) is 12.2. The van der Waals surface area contributed by atoms with Crippen molar-refractivity contribution in [2.24, 2.45) is 17.8 Å². The van der Waals surface area contributed by atoms with E-state index in [2.05, 4.69) is 0 Å². The van der Waals surface area contributed by atoms with Crippen LogP contribution in [0.1, 0.15) is 32.1 Å². The molecule has 0 radical (unpaired) electrons. The van der Waals surface area contributed by atoms with Gasteiger partial charge in [0.05, 0.1) is 4.90 Å². The number of benzene rings is 1. The van der Waals surface area contributed by atoms with Gasteiger partial charge < -0.3 is 9.47 Å². The van der Waals surface area contributed by atoms with Gasteiger partial charge in [-0.1, -0.05) is 6.42 Å². The maximum absolute atomic E-state index is 12.0. The Morgan fingerprint density at radius 3 is 2.42 bits per heavy atom. The quantitative estimate of drug-likeness (QED) is 0.511. The number of esters is 1. The summed E-state index contributed by atoms with van der Waals surface area (Å²) in [5.74, 6) is 2.47. The van der Waals surface area contributed by atoms with Gasteiger partial charge in [-0.3, -0.25) is 4.79 Å². The Morgan fingerprint density at radius 2 is 1.85 bits per heavy atom. The van der Waals surface area contributed by atoms with Crippen molar-refractivity contribution in [2.45, 2.75) is 37.0 Å². The van der Waals surface area contributed by atoms with Crippen LogP contribution in [0.3, 0.4) is 0 Å². The maximum atomic E-state index is 12.0. The third-order valence-corrected chi connectivity index (χ3v) is 7.36. The van der Waals surface area contributed by atoms with E-state index < -0.39 is 10.0 Å². The Labute approximate surface area is 155 Å². The molecule has 0 aromatic heterocycles. The van der Waals surface area contributed by atoms with E-state index >= 15 is 0 Å². The smallest absolute Gasteiger partial charge is 0.306 e. The van der Waals surface area contributed by atoms with E-state index in [9.17, 15) is 13.2 Å². The predicted molar refractivity (Wildman–Crippen MR) is 97.3 cm³/mol. The van der Waals surface area contributed by atoms with Gasteiger partial charge in [-0.15, -0.1) is 0 Å². The van der Waals surface area contributed by atoms with Crippen LogP contribution in [0.15, 0.2) is 29.2 Å². The zero-order valence-corrected chi connectivity index (χ0v) is 16.2. The Morgan fingerprint density at radius 1 is 1.12 bits per heavy atom. The molecular formula is C19H27NO5S. The molecule has 0 aliphatic heterocycles. The third kappa shape index (κ3) is 4.38. The summed E-state index contributed by atoms with van der Waals surface area (Å²) in [6.45, 7) is 0.458. The average molecular weight is 381 g/mol. The van der Waals surface area contributed by atoms with E-state index in [0.29, 0.717) is 18.1 Å². The van der Waals surface area contributed by atoms with Crippen molar-refractivity contribution in [1.82, 2.24) is 4.31 Å². The minimum absolute atomic E-state index is 0.140. The molecule has 2 aliphatic carbocycles. The Balaban J connectivity index is 1.38. The number of rotatable bonds is 8. The van der Waals surface area contributed by atoms with Crippen molar-refractivity contribution in [3.05, 3.63) is 24.3 Å². The molecule has 0 N–H and O–H groups in total. The van der Waals surface area contributed by atoms with Crippen LogP contribution in [0.5, 0.6) is 5.75 Å². The Hall–Kier alpha value is -1.60. The first-order chi connectivity index (χ1) is 12.4. The van der Waals surface area contributed by atoms with Crippen LogP contribution in [0.2, 0.25) is 0 Å². The lowest BCUT2D eigenvalue weighted by Crippen LogP contribution is -2.22. The molecule has 0 saturated heterocycles. The van der Waals surface area contributed by atoms with Crippen LogP contribution in [0.25, 0.3) is 0 Å². The van der Waals surface area contributed by atoms with Crippen LogP contribution in [-0.2, 0) is 19.6 Å². The fourth-order valence-electron chi connectivity index (χ4n) is 4.13. The van der Waals surface area contributed by atoms with E-state index in [-0.39, 0.29) is 24.1 Å². The lowest BCUT2D eigenvalue weighted by Gasteiger charge is -2.20. The standard InChI is InChI=1S/C19H27NO5S/c1-20(2)26(22,23)18-7-5-17(6-8-18)24-9-10-25-19(21)13-16-12-14-3-4-15(16)11-14/h5-8,14-16H,3-4,9-13H2,1-2H3. The second-order valence-corrected chi connectivity index (χ2v) is 9.62. The van der Waals surface area contributed by atoms with E-state index in [1.165, 1.54) is 56.2 Å². The van der Waals surface area contributed by atoms with Crippen molar-refractivity contribution in [3.63, 3.8) is 0 Å². The van der Waals surface area contributed by atoms with Gasteiger partial charge in [0.1, 0.15) is 19.0 Å². The summed E-state index contributed by atoms with van der Waals surface area (Å²) in [7, 11) is -0.455. The molecule has 7 heteroatoms. The molecule has 2 fully saturated rings. The van der Waals surface area contributed by atoms with Crippen LogP contribution in [0, 0.1) is 17.8 Å². The Kier molecular flexibility index (Phi) is 5.87. The number of carbonyl (C=O) groups excluding carboxylic acids is 1. The van der Waals surface area contributed by atoms with E-state index in [1.54, 1.807) is 12.1 Å². The first-order valence-electron chi connectivity index (χ1n) is 9.17. The van der Waals surface area contributed by atoms with Crippen LogP contribution in [0.4, 0.5) is 0 Å². The summed E-state index contributed by atoms with van der Waals surface area (Å²) in [5.41, 5.74) is 0. The van der Waals surface area contributed by atoms with Crippen LogP contribution in [-0.4, -0.2) is 46.0 Å². The van der Waals surface area contributed by atoms with Gasteiger partial charge in [-0.05, 0) is 61.3 Å². The molecular weight excluding hydrogens is 354 g/mol. The molecule has 26 heavy (non-hydrogen) atoms. The lowest BCUT2D eigenvalue weighted by atomic mass is 9.86. The molecule has 2 aliphatic rings. The molecule has 3 rings (SSSR count). The zero-order valence-electron chi connectivity index (χ0n) is 15.4. The van der Waals surface area contributed by atoms with Crippen molar-refractivity contribution in [1.29, 1.82) is 0 Å². The molecule has 144 valence electrons. The van der Waals surface area contributed by atoms with Gasteiger partial charge in [0.15, 0.2) is 0 Å². The largest absolute Gasteiger partial charge is 0.490 e. The molecule has 3 atom stereocenters. The van der Waals surface area contributed by atoms with Crippen molar-refractivity contribution in [3.8, 4) is 5.75 Å². The summed E-state index contributed by atoms with van der Waals surface area (Å²) in [6, 6.07) is 6.22. The molecule has 1 aromatic rings. The summed E-state index contributed by atoms with van der Waals surface area (Å²) >= 11 is 0. The van der Waals surface area contributed by atoms with Crippen molar-refractivity contribution >= 4 is 16.0 Å². The number of sulfonamides is 1. The number of hydrogen-bond acceptors (Lipinski definition) is 5. The van der Waals surface area contributed by atoms with Gasteiger partial charge in [0.25, 0.3) is 0 Å². The van der Waals surface area contributed by atoms with Gasteiger partial charge in [-0.25, -0.2) is 12.7 Å². The van der Waals surface area contributed by atoms with E-state index in [4.69, 9.17) is 9.47 Å². The number of nitrogens with zero attached hydrogens (tertiary/aromatic N) is 1. The average Bonchev–Trinajstić information content (AvgIpc) is 3.22. The second-order valence-electron chi connectivity index (χ2n) is 7.47. The molecule has 2 saturated carbocycles. The molecule has 1 aromatic carbocycles. The highest BCUT2D eigenvalue weighted by Crippen LogP contribution is 2.49. The highest BCUT2D eigenvalue weighted by atomic mass is 32.2. The number of carbonyl (C=O) groups is 1. The molecule has 2 bridgehead atoms. The fraction of sp³-hybridized carbons (Fsp3) is 0.632. The normalized spacial score (nSPS) is 24.8. The fourth-order valence-corrected chi connectivity index (χ4v) is 5.03. The second kappa shape index (κ2) is 7.96. The predicted octanol–water partition coefficient (Wildman–Crippen LogP) is 2.69. The van der Waals surface area contributed by atoms with Gasteiger partial charge in [0, 0.05) is 20.5 Å². The van der Waals surface area contributed by atoms with Gasteiger partial charge >= 0.3 is 5.97 Å². The zero-order chi connectivity index (χ0) is 18.7. The number of ether oxygens (including phenoxy) is 2. The highest BCUT2D eigenvalue weighted by molar-refractivity contribution is 7.89. The molecule has 0 spiro atoms. The van der Waals surface area contributed by atoms with Gasteiger partial charge in [-0.2, -0.15) is 0 Å². The van der Waals surface area contributed by atoms with E-state index in [1.807, 2.05) is 0 Å². The maximum Gasteiger partial charge on any atom is 0.306 e. The first kappa shape index (κ1) is 19.2. The summed E-state index contributed by atoms with van der Waals surface area (Å²) in [5, 5.41) is 0. The topological polar surface area (TPSA) is 72.9 Å². The van der Waals surface area contributed by atoms with Gasteiger partial charge in [0.2, 0.25) is 10.0 Å². The molecule has 0 heterocycles. The minimum Gasteiger partial charge on any atom is -0.490 e. The third-order valence-electron chi connectivity index (χ3n) is 5.53. The molecule has 0 amide bonds. The number of hydrogen-bond donors (Lipinski definition) is 0. The SMILES string of the molecule is CN(C)S(=O)(=O)c1ccc(OCCOC(=O)CC2CC3CCC2C3)cc1. The summed E-state index contributed by atoms with van der Waals surface area (Å²) in [6.07, 6.45) is 5.60.